The molecular weight excluding hydrogens is 152 g/mol. The normalized spacial score (nSPS) is 9.50. The van der Waals surface area contributed by atoms with E-state index in [0.29, 0.717) is 12.1 Å². The maximum atomic E-state index is 11.2. The first-order valence-corrected chi connectivity index (χ1v) is 3.79. The summed E-state index contributed by atoms with van der Waals surface area (Å²) in [5.74, 6) is -0.0870. The molecule has 1 aromatic rings. The van der Waals surface area contributed by atoms with E-state index in [9.17, 15) is 4.79 Å². The van der Waals surface area contributed by atoms with Gasteiger partial charge in [0.15, 0.2) is 0 Å². The van der Waals surface area contributed by atoms with E-state index in [1.807, 2.05) is 18.2 Å². The van der Waals surface area contributed by atoms with Crippen molar-refractivity contribution in [3.8, 4) is 0 Å². The Bertz CT molecular complexity index is 284. The zero-order valence-electron chi connectivity index (χ0n) is 7.00. The van der Waals surface area contributed by atoms with Gasteiger partial charge in [-0.1, -0.05) is 18.2 Å². The minimum absolute atomic E-state index is 0.0870. The number of rotatable bonds is 2. The second kappa shape index (κ2) is 3.88. The molecule has 0 saturated heterocycles. The van der Waals surface area contributed by atoms with Crippen molar-refractivity contribution in [2.24, 2.45) is 5.73 Å². The molecule has 0 atom stereocenters. The van der Waals surface area contributed by atoms with Gasteiger partial charge in [-0.25, -0.2) is 0 Å². The Labute approximate surface area is 71.6 Å². The Morgan fingerprint density at radius 3 is 2.75 bits per heavy atom. The molecule has 0 radical (unpaired) electrons. The van der Waals surface area contributed by atoms with Gasteiger partial charge in [-0.05, 0) is 11.6 Å². The molecule has 0 aliphatic rings. The second-order valence-electron chi connectivity index (χ2n) is 2.44. The molecule has 0 aromatic heterocycles. The first-order valence-electron chi connectivity index (χ1n) is 3.79. The zero-order chi connectivity index (χ0) is 8.97. The standard InChI is InChI=1S/C9H12N2O/c1-11-9(12)8-5-3-2-4-7(8)6-10/h2-5H,6,10H2,1H3,(H,11,12). The third-order valence-electron chi connectivity index (χ3n) is 1.71. The third-order valence-corrected chi connectivity index (χ3v) is 1.71. The van der Waals surface area contributed by atoms with Crippen LogP contribution in [0.4, 0.5) is 0 Å². The number of carbonyl (C=O) groups excluding carboxylic acids is 1. The number of nitrogens with one attached hydrogen (secondary N) is 1. The van der Waals surface area contributed by atoms with Crippen LogP contribution in [-0.4, -0.2) is 13.0 Å². The van der Waals surface area contributed by atoms with E-state index < -0.39 is 0 Å². The number of hydrogen-bond donors (Lipinski definition) is 2. The van der Waals surface area contributed by atoms with Crippen LogP contribution in [-0.2, 0) is 6.54 Å². The van der Waals surface area contributed by atoms with Crippen LogP contribution < -0.4 is 11.1 Å². The summed E-state index contributed by atoms with van der Waals surface area (Å²) in [7, 11) is 1.61. The number of nitrogens with two attached hydrogens (primary N) is 1. The van der Waals surface area contributed by atoms with Crippen molar-refractivity contribution in [2.75, 3.05) is 7.05 Å². The van der Waals surface area contributed by atoms with Crippen molar-refractivity contribution in [1.82, 2.24) is 5.32 Å². The van der Waals surface area contributed by atoms with Crippen molar-refractivity contribution >= 4 is 5.91 Å². The van der Waals surface area contributed by atoms with Gasteiger partial charge in [0.25, 0.3) is 5.91 Å². The molecule has 1 aromatic carbocycles. The highest BCUT2D eigenvalue weighted by Gasteiger charge is 2.06. The van der Waals surface area contributed by atoms with Crippen molar-refractivity contribution < 1.29 is 4.79 Å². The van der Waals surface area contributed by atoms with Gasteiger partial charge in [-0.15, -0.1) is 0 Å². The molecule has 0 bridgehead atoms. The van der Waals surface area contributed by atoms with Crippen LogP contribution >= 0.6 is 0 Å². The highest BCUT2D eigenvalue weighted by atomic mass is 16.1. The van der Waals surface area contributed by atoms with Crippen LogP contribution in [0.3, 0.4) is 0 Å². The largest absolute Gasteiger partial charge is 0.355 e. The van der Waals surface area contributed by atoms with Gasteiger partial charge >= 0.3 is 0 Å². The zero-order valence-corrected chi connectivity index (χ0v) is 7.00. The molecule has 0 aliphatic carbocycles. The minimum atomic E-state index is -0.0870. The third kappa shape index (κ3) is 1.62. The lowest BCUT2D eigenvalue weighted by atomic mass is 10.1. The number of carbonyl (C=O) groups is 1. The van der Waals surface area contributed by atoms with E-state index in [1.165, 1.54) is 0 Å². The van der Waals surface area contributed by atoms with E-state index in [4.69, 9.17) is 5.73 Å². The van der Waals surface area contributed by atoms with Gasteiger partial charge < -0.3 is 11.1 Å². The summed E-state index contributed by atoms with van der Waals surface area (Å²) in [6.45, 7) is 0.392. The molecule has 3 N–H and O–H groups in total. The summed E-state index contributed by atoms with van der Waals surface area (Å²) in [5, 5.41) is 2.56. The molecule has 3 nitrogen and oxygen atoms in total. The first-order chi connectivity index (χ1) is 5.79. The Morgan fingerprint density at radius 1 is 1.50 bits per heavy atom. The number of benzene rings is 1. The van der Waals surface area contributed by atoms with Gasteiger partial charge in [0.05, 0.1) is 0 Å². The lowest BCUT2D eigenvalue weighted by Crippen LogP contribution is -2.20. The average molecular weight is 164 g/mol. The molecule has 0 heterocycles. The van der Waals surface area contributed by atoms with Crippen LogP contribution in [0.5, 0.6) is 0 Å². The summed E-state index contributed by atoms with van der Waals surface area (Å²) in [6.07, 6.45) is 0. The second-order valence-corrected chi connectivity index (χ2v) is 2.44. The van der Waals surface area contributed by atoms with E-state index >= 15 is 0 Å². The summed E-state index contributed by atoms with van der Waals surface area (Å²) < 4.78 is 0. The highest BCUT2D eigenvalue weighted by molar-refractivity contribution is 5.95. The predicted molar refractivity (Wildman–Crippen MR) is 47.7 cm³/mol. The van der Waals surface area contributed by atoms with Crippen molar-refractivity contribution in [3.63, 3.8) is 0 Å². The SMILES string of the molecule is CNC(=O)c1ccccc1CN. The van der Waals surface area contributed by atoms with Gasteiger partial charge in [-0.2, -0.15) is 0 Å². The molecule has 1 rings (SSSR count). The fourth-order valence-electron chi connectivity index (χ4n) is 1.05. The van der Waals surface area contributed by atoms with E-state index in [1.54, 1.807) is 13.1 Å². The highest BCUT2D eigenvalue weighted by Crippen LogP contribution is 2.06. The van der Waals surface area contributed by atoms with E-state index in [-0.39, 0.29) is 5.91 Å². The van der Waals surface area contributed by atoms with Gasteiger partial charge in [0, 0.05) is 19.2 Å². The van der Waals surface area contributed by atoms with Crippen molar-refractivity contribution in [3.05, 3.63) is 35.4 Å². The Kier molecular flexibility index (Phi) is 2.82. The van der Waals surface area contributed by atoms with E-state index in [0.717, 1.165) is 5.56 Å². The van der Waals surface area contributed by atoms with Crippen LogP contribution in [0.15, 0.2) is 24.3 Å². The van der Waals surface area contributed by atoms with Crippen LogP contribution in [0, 0.1) is 0 Å². The summed E-state index contributed by atoms with van der Waals surface area (Å²) >= 11 is 0. The molecule has 0 aliphatic heterocycles. The molecule has 3 heteroatoms. The van der Waals surface area contributed by atoms with Crippen molar-refractivity contribution in [1.29, 1.82) is 0 Å². The van der Waals surface area contributed by atoms with Crippen LogP contribution in [0.1, 0.15) is 15.9 Å². The first kappa shape index (κ1) is 8.74. The monoisotopic (exact) mass is 164 g/mol. The van der Waals surface area contributed by atoms with Crippen LogP contribution in [0.2, 0.25) is 0 Å². The smallest absolute Gasteiger partial charge is 0.251 e. The maximum Gasteiger partial charge on any atom is 0.251 e. The Morgan fingerprint density at radius 2 is 2.17 bits per heavy atom. The fraction of sp³-hybridized carbons (Fsp3) is 0.222. The molecule has 0 unspecified atom stereocenters. The molecule has 1 amide bonds. The molecule has 0 saturated carbocycles. The molecular formula is C9H12N2O. The molecule has 64 valence electrons. The lowest BCUT2D eigenvalue weighted by molar-refractivity contribution is 0.0962. The van der Waals surface area contributed by atoms with Gasteiger partial charge in [0.2, 0.25) is 0 Å². The topological polar surface area (TPSA) is 55.1 Å². The number of hydrogen-bond acceptors (Lipinski definition) is 2. The molecule has 0 spiro atoms. The Balaban J connectivity index is 3.04. The van der Waals surface area contributed by atoms with Gasteiger partial charge in [0.1, 0.15) is 0 Å². The fourth-order valence-corrected chi connectivity index (χ4v) is 1.05. The van der Waals surface area contributed by atoms with E-state index in [2.05, 4.69) is 5.32 Å². The average Bonchev–Trinajstić information content (AvgIpc) is 2.16. The lowest BCUT2D eigenvalue weighted by Gasteiger charge is -2.04. The summed E-state index contributed by atoms with van der Waals surface area (Å²) in [4.78, 5) is 11.2. The van der Waals surface area contributed by atoms with Gasteiger partial charge in [-0.3, -0.25) is 4.79 Å². The summed E-state index contributed by atoms with van der Waals surface area (Å²) in [5.41, 5.74) is 6.99. The maximum absolute atomic E-state index is 11.2. The quantitative estimate of drug-likeness (QED) is 0.669. The number of amides is 1. The molecule has 0 fully saturated rings. The summed E-state index contributed by atoms with van der Waals surface area (Å²) in [6, 6.07) is 7.31. The molecule has 12 heavy (non-hydrogen) atoms. The minimum Gasteiger partial charge on any atom is -0.355 e. The van der Waals surface area contributed by atoms with Crippen LogP contribution in [0.25, 0.3) is 0 Å². The Hall–Kier alpha value is -1.35. The predicted octanol–water partition coefficient (Wildman–Crippen LogP) is 0.505. The van der Waals surface area contributed by atoms with Crippen molar-refractivity contribution in [2.45, 2.75) is 6.54 Å².